The maximum absolute atomic E-state index is 12.5. The fourth-order valence-electron chi connectivity index (χ4n) is 2.02. The van der Waals surface area contributed by atoms with Crippen LogP contribution in [0.2, 0.25) is 0 Å². The topological polar surface area (TPSA) is 179 Å². The first-order valence-electron chi connectivity index (χ1n) is 7.88. The van der Waals surface area contributed by atoms with Gasteiger partial charge in [-0.2, -0.15) is 18.4 Å². The number of rotatable bonds is 8. The maximum Gasteiger partial charge on any atom is 0.335 e. The molecule has 0 spiro atoms. The van der Waals surface area contributed by atoms with Gasteiger partial charge in [-0.25, -0.2) is 27.6 Å². The molecule has 2 amide bonds. The second-order valence-corrected chi connectivity index (χ2v) is 8.48. The summed E-state index contributed by atoms with van der Waals surface area (Å²) in [6, 6.07) is 2.39. The van der Waals surface area contributed by atoms with Gasteiger partial charge in [0.2, 0.25) is 27.7 Å². The Bertz CT molecular complexity index is 1080. The standard InChI is InChI=1S/C14H18N6O7S2/c1-4-16-28(22,23)9-6-5-7-15-12(9)29(24,25)20-14(21)19-13-17-10(26-2)8-11(18-13)27-3/h5-8,16H,4H2,1-3H3,(H2,17,18,19,20,21). The number of sulfonamides is 2. The summed E-state index contributed by atoms with van der Waals surface area (Å²) >= 11 is 0. The average molecular weight is 446 g/mol. The highest BCUT2D eigenvalue weighted by molar-refractivity contribution is 7.92. The maximum atomic E-state index is 12.5. The van der Waals surface area contributed by atoms with Gasteiger partial charge in [0.25, 0.3) is 10.0 Å². The molecule has 0 radical (unpaired) electrons. The second kappa shape index (κ2) is 8.97. The molecule has 2 heterocycles. The van der Waals surface area contributed by atoms with Crippen LogP contribution in [-0.2, 0) is 20.0 Å². The van der Waals surface area contributed by atoms with Crippen molar-refractivity contribution in [2.45, 2.75) is 16.8 Å². The van der Waals surface area contributed by atoms with Gasteiger partial charge in [0.05, 0.1) is 20.3 Å². The number of carbonyl (C=O) groups excluding carboxylic acids is 1. The number of methoxy groups -OCH3 is 2. The molecule has 0 unspecified atom stereocenters. The van der Waals surface area contributed by atoms with Gasteiger partial charge in [-0.3, -0.25) is 5.32 Å². The number of amides is 2. The van der Waals surface area contributed by atoms with E-state index in [-0.39, 0.29) is 24.3 Å². The largest absolute Gasteiger partial charge is 0.481 e. The molecule has 2 rings (SSSR count). The molecule has 2 aromatic rings. The van der Waals surface area contributed by atoms with E-state index in [1.807, 2.05) is 0 Å². The van der Waals surface area contributed by atoms with Crippen molar-refractivity contribution < 1.29 is 31.1 Å². The van der Waals surface area contributed by atoms with E-state index in [1.165, 1.54) is 33.3 Å². The molecular formula is C14H18N6O7S2. The van der Waals surface area contributed by atoms with Crippen LogP contribution in [0, 0.1) is 0 Å². The summed E-state index contributed by atoms with van der Waals surface area (Å²) in [5.41, 5.74) is 0. The van der Waals surface area contributed by atoms with Crippen LogP contribution >= 0.6 is 0 Å². The van der Waals surface area contributed by atoms with Crippen molar-refractivity contribution in [2.75, 3.05) is 26.1 Å². The Morgan fingerprint density at radius 1 is 1.07 bits per heavy atom. The first kappa shape index (κ1) is 22.3. The molecule has 0 saturated heterocycles. The minimum atomic E-state index is -4.65. The summed E-state index contributed by atoms with van der Waals surface area (Å²) in [5, 5.41) is 1.25. The lowest BCUT2D eigenvalue weighted by Gasteiger charge is -2.12. The van der Waals surface area contributed by atoms with Crippen LogP contribution in [0.15, 0.2) is 34.3 Å². The molecule has 0 atom stereocenters. The number of hydrogen-bond acceptors (Lipinski definition) is 10. The molecule has 29 heavy (non-hydrogen) atoms. The van der Waals surface area contributed by atoms with Gasteiger partial charge in [-0.1, -0.05) is 6.92 Å². The van der Waals surface area contributed by atoms with E-state index in [0.29, 0.717) is 0 Å². The zero-order valence-corrected chi connectivity index (χ0v) is 17.2. The molecule has 15 heteroatoms. The lowest BCUT2D eigenvalue weighted by atomic mass is 10.5. The minimum Gasteiger partial charge on any atom is -0.481 e. The zero-order chi connectivity index (χ0) is 21.7. The molecule has 13 nitrogen and oxygen atoms in total. The van der Waals surface area contributed by atoms with Gasteiger partial charge < -0.3 is 9.47 Å². The quantitative estimate of drug-likeness (QED) is 0.487. The highest BCUT2D eigenvalue weighted by Crippen LogP contribution is 2.19. The van der Waals surface area contributed by atoms with Gasteiger partial charge in [0.1, 0.15) is 4.90 Å². The van der Waals surface area contributed by atoms with Crippen molar-refractivity contribution in [3.63, 3.8) is 0 Å². The third-order valence-corrected chi connectivity index (χ3v) is 6.16. The predicted molar refractivity (Wildman–Crippen MR) is 99.6 cm³/mol. The summed E-state index contributed by atoms with van der Waals surface area (Å²) in [5.74, 6) is -0.201. The third kappa shape index (κ3) is 5.49. The van der Waals surface area contributed by atoms with Crippen molar-refractivity contribution in [2.24, 2.45) is 0 Å². The number of ether oxygens (including phenoxy) is 2. The van der Waals surface area contributed by atoms with Crippen molar-refractivity contribution >= 4 is 32.0 Å². The van der Waals surface area contributed by atoms with Crippen molar-refractivity contribution in [1.29, 1.82) is 0 Å². The zero-order valence-electron chi connectivity index (χ0n) is 15.5. The van der Waals surface area contributed by atoms with Gasteiger partial charge in [0, 0.05) is 12.7 Å². The number of pyridine rings is 1. The molecule has 0 saturated carbocycles. The summed E-state index contributed by atoms with van der Waals surface area (Å²) in [6.07, 6.45) is 1.08. The fraction of sp³-hybridized carbons (Fsp3) is 0.286. The smallest absolute Gasteiger partial charge is 0.335 e. The SMILES string of the molecule is CCNS(=O)(=O)c1cccnc1S(=O)(=O)NC(=O)Nc1nc(OC)cc(OC)n1. The first-order chi connectivity index (χ1) is 13.6. The molecule has 0 bridgehead atoms. The highest BCUT2D eigenvalue weighted by atomic mass is 32.2. The van der Waals surface area contributed by atoms with Crippen molar-refractivity contribution in [1.82, 2.24) is 24.4 Å². The minimum absolute atomic E-state index is 0.0274. The van der Waals surface area contributed by atoms with Gasteiger partial charge in [-0.15, -0.1) is 0 Å². The Morgan fingerprint density at radius 3 is 2.24 bits per heavy atom. The molecule has 0 fully saturated rings. The van der Waals surface area contributed by atoms with Gasteiger partial charge in [-0.05, 0) is 12.1 Å². The van der Waals surface area contributed by atoms with E-state index < -0.39 is 36.0 Å². The molecule has 158 valence electrons. The first-order valence-corrected chi connectivity index (χ1v) is 10.8. The van der Waals surface area contributed by atoms with E-state index >= 15 is 0 Å². The molecule has 0 aliphatic rings. The summed E-state index contributed by atoms with van der Waals surface area (Å²) in [7, 11) is -6.17. The molecule has 0 aromatic carbocycles. The monoisotopic (exact) mass is 446 g/mol. The Kier molecular flexibility index (Phi) is 6.89. The Labute approximate surface area is 167 Å². The van der Waals surface area contributed by atoms with Crippen LogP contribution in [0.4, 0.5) is 10.7 Å². The van der Waals surface area contributed by atoms with E-state index in [9.17, 15) is 21.6 Å². The van der Waals surface area contributed by atoms with Crippen LogP contribution in [0.3, 0.4) is 0 Å². The third-order valence-electron chi connectivity index (χ3n) is 3.16. The van der Waals surface area contributed by atoms with Crippen molar-refractivity contribution in [3.8, 4) is 11.8 Å². The number of aromatic nitrogens is 3. The van der Waals surface area contributed by atoms with Gasteiger partial charge in [0.15, 0.2) is 5.03 Å². The van der Waals surface area contributed by atoms with Crippen LogP contribution in [0.25, 0.3) is 0 Å². The van der Waals surface area contributed by atoms with Crippen LogP contribution in [0.5, 0.6) is 11.8 Å². The summed E-state index contributed by atoms with van der Waals surface area (Å²) in [6.45, 7) is 1.55. The molecule has 0 aliphatic carbocycles. The van der Waals surface area contributed by atoms with Crippen LogP contribution in [0.1, 0.15) is 6.92 Å². The number of carbonyl (C=O) groups is 1. The number of hydrogen-bond donors (Lipinski definition) is 3. The highest BCUT2D eigenvalue weighted by Gasteiger charge is 2.29. The van der Waals surface area contributed by atoms with Crippen molar-refractivity contribution in [3.05, 3.63) is 24.4 Å². The number of nitrogens with one attached hydrogen (secondary N) is 3. The van der Waals surface area contributed by atoms with E-state index in [0.717, 1.165) is 12.3 Å². The second-order valence-electron chi connectivity index (χ2n) is 5.14. The molecule has 3 N–H and O–H groups in total. The fourth-order valence-corrected chi connectivity index (χ4v) is 4.67. The lowest BCUT2D eigenvalue weighted by Crippen LogP contribution is -2.36. The van der Waals surface area contributed by atoms with E-state index in [4.69, 9.17) is 9.47 Å². The normalized spacial score (nSPS) is 11.6. The lowest BCUT2D eigenvalue weighted by molar-refractivity contribution is 0.256. The summed E-state index contributed by atoms with van der Waals surface area (Å²) in [4.78, 5) is 22.8. The molecule has 0 aliphatic heterocycles. The Balaban J connectivity index is 2.30. The van der Waals surface area contributed by atoms with Gasteiger partial charge >= 0.3 is 6.03 Å². The van der Waals surface area contributed by atoms with E-state index in [2.05, 4.69) is 25.0 Å². The molecular weight excluding hydrogens is 428 g/mol. The number of urea groups is 1. The Morgan fingerprint density at radius 2 is 1.69 bits per heavy atom. The predicted octanol–water partition coefficient (Wildman–Crippen LogP) is -0.303. The molecule has 2 aromatic heterocycles. The number of nitrogens with zero attached hydrogens (tertiary/aromatic N) is 3. The van der Waals surface area contributed by atoms with E-state index in [1.54, 1.807) is 4.72 Å². The van der Waals surface area contributed by atoms with Crippen LogP contribution < -0.4 is 24.2 Å². The Hall–Kier alpha value is -3.04. The number of anilines is 1. The summed E-state index contributed by atoms with van der Waals surface area (Å²) < 4.78 is 63.2. The van der Waals surface area contributed by atoms with Crippen LogP contribution in [-0.4, -0.2) is 58.6 Å². The average Bonchev–Trinajstić information content (AvgIpc) is 2.67.